The number of nitrogens with zero attached hydrogens (tertiary/aromatic N) is 2. The third-order valence-electron chi connectivity index (χ3n) is 3.86. The van der Waals surface area contributed by atoms with E-state index >= 15 is 0 Å². The molecule has 2 atom stereocenters. The first-order valence-corrected chi connectivity index (χ1v) is 7.81. The van der Waals surface area contributed by atoms with Crippen LogP contribution in [0.25, 0.3) is 5.41 Å². The van der Waals surface area contributed by atoms with Crippen LogP contribution in [0.5, 0.6) is 0 Å². The molecule has 1 saturated heterocycles. The van der Waals surface area contributed by atoms with Gasteiger partial charge in [-0.1, -0.05) is 35.3 Å². The van der Waals surface area contributed by atoms with Gasteiger partial charge in [0.2, 0.25) is 6.04 Å². The van der Waals surface area contributed by atoms with E-state index in [-0.39, 0.29) is 5.57 Å². The number of hydrogen-bond acceptors (Lipinski definition) is 2. The van der Waals surface area contributed by atoms with Crippen molar-refractivity contribution < 1.29 is 14.2 Å². The zero-order valence-corrected chi connectivity index (χ0v) is 13.8. The molecular formula is C17H11Cl2N3O2. The maximum atomic E-state index is 12.5. The molecule has 1 aliphatic heterocycles. The highest BCUT2D eigenvalue weighted by molar-refractivity contribution is 6.42. The molecule has 0 bridgehead atoms. The van der Waals surface area contributed by atoms with Crippen LogP contribution in [-0.4, -0.2) is 17.7 Å². The second kappa shape index (κ2) is 6.57. The maximum absolute atomic E-state index is 12.5. The fraction of sp³-hybridized carbons (Fsp3) is 0.118. The van der Waals surface area contributed by atoms with Gasteiger partial charge in [0, 0.05) is 12.1 Å². The monoisotopic (exact) mass is 359 g/mol. The van der Waals surface area contributed by atoms with Crippen LogP contribution in [0.2, 0.25) is 10.0 Å². The van der Waals surface area contributed by atoms with Gasteiger partial charge in [-0.15, -0.1) is 0 Å². The molecule has 24 heavy (non-hydrogen) atoms. The van der Waals surface area contributed by atoms with Crippen molar-refractivity contribution in [2.75, 3.05) is 0 Å². The number of amides is 2. The molecule has 2 amide bonds. The van der Waals surface area contributed by atoms with Crippen molar-refractivity contribution in [2.45, 2.75) is 12.0 Å². The fourth-order valence-corrected chi connectivity index (χ4v) is 3.09. The molecular weight excluding hydrogens is 349 g/mol. The van der Waals surface area contributed by atoms with Gasteiger partial charge >= 0.3 is 0 Å². The molecule has 2 aromatic rings. The normalized spacial score (nSPS) is 20.5. The summed E-state index contributed by atoms with van der Waals surface area (Å²) in [6.07, 6.45) is 3.42. The van der Waals surface area contributed by atoms with Crippen molar-refractivity contribution in [3.05, 3.63) is 75.4 Å². The molecule has 0 spiro atoms. The molecule has 0 unspecified atom stereocenters. The Morgan fingerprint density at radius 2 is 1.79 bits per heavy atom. The largest absolute Gasteiger partial charge is 0.763 e. The average molecular weight is 360 g/mol. The Morgan fingerprint density at radius 1 is 1.08 bits per heavy atom. The summed E-state index contributed by atoms with van der Waals surface area (Å²) in [5, 5.41) is 12.3. The van der Waals surface area contributed by atoms with Crippen molar-refractivity contribution in [3.8, 4) is 0 Å². The summed E-state index contributed by atoms with van der Waals surface area (Å²) in [5.74, 6) is -0.000703. The molecule has 120 valence electrons. The van der Waals surface area contributed by atoms with Crippen molar-refractivity contribution in [1.29, 1.82) is 0 Å². The van der Waals surface area contributed by atoms with Gasteiger partial charge in [0.25, 0.3) is 11.8 Å². The highest BCUT2D eigenvalue weighted by Gasteiger charge is 2.46. The first kappa shape index (κ1) is 16.4. The Balaban J connectivity index is 2.20. The Bertz CT molecular complexity index is 877. The molecule has 1 aromatic heterocycles. The summed E-state index contributed by atoms with van der Waals surface area (Å²) in [5.41, 5.74) is 0.528. The van der Waals surface area contributed by atoms with Crippen LogP contribution in [0.4, 0.5) is 0 Å². The highest BCUT2D eigenvalue weighted by atomic mass is 35.5. The number of nitrogens with one attached hydrogen (secondary N) is 1. The summed E-state index contributed by atoms with van der Waals surface area (Å²) in [6, 6.07) is 9.38. The lowest BCUT2D eigenvalue weighted by Crippen LogP contribution is -2.57. The van der Waals surface area contributed by atoms with Gasteiger partial charge in [-0.05, 0) is 17.7 Å². The molecule has 0 radical (unpaired) electrons. The highest BCUT2D eigenvalue weighted by Crippen LogP contribution is 2.37. The number of hydrogen-bond donors (Lipinski definition) is 1. The second-order valence-corrected chi connectivity index (χ2v) is 6.08. The fourth-order valence-electron chi connectivity index (χ4n) is 2.78. The lowest BCUT2D eigenvalue weighted by Gasteiger charge is -2.28. The maximum Gasteiger partial charge on any atom is 0.296 e. The smallest absolute Gasteiger partial charge is 0.296 e. The van der Waals surface area contributed by atoms with Crippen molar-refractivity contribution in [2.24, 2.45) is 0 Å². The topological polar surface area (TPSA) is 72.3 Å². The number of aromatic nitrogens is 1. The number of carbonyl (C=O) groups is 2. The Morgan fingerprint density at radius 3 is 2.42 bits per heavy atom. The number of imide groups is 1. The Labute approximate surface area is 148 Å². The lowest BCUT2D eigenvalue weighted by atomic mass is 9.81. The van der Waals surface area contributed by atoms with E-state index in [1.165, 1.54) is 0 Å². The summed E-state index contributed by atoms with van der Waals surface area (Å²) in [6.45, 7) is 0. The van der Waals surface area contributed by atoms with Crippen LogP contribution in [-0.2, 0) is 9.59 Å². The summed E-state index contributed by atoms with van der Waals surface area (Å²) < 4.78 is 1.66. The first-order chi connectivity index (χ1) is 11.5. The van der Waals surface area contributed by atoms with Gasteiger partial charge in [0.1, 0.15) is 0 Å². The standard InChI is InChI=1S/C17H11Cl2N3O2/c18-12-5-4-10(8-13(12)19)14-11(9-20)16(23)21-17(24)15(14)22-6-2-1-3-7-22/h1-8,14-15H,(H,21,23,24)/t14-,15+/m0/s1. The van der Waals surface area contributed by atoms with Gasteiger partial charge in [-0.2, -0.15) is 4.57 Å². The molecule has 2 heterocycles. The molecule has 7 heteroatoms. The minimum atomic E-state index is -0.782. The van der Waals surface area contributed by atoms with Crippen molar-refractivity contribution in [3.63, 3.8) is 0 Å². The van der Waals surface area contributed by atoms with Crippen molar-refractivity contribution >= 4 is 40.9 Å². The van der Waals surface area contributed by atoms with E-state index in [9.17, 15) is 15.0 Å². The Kier molecular flexibility index (Phi) is 4.49. The second-order valence-electron chi connectivity index (χ2n) is 5.26. The van der Waals surface area contributed by atoms with Gasteiger partial charge < -0.3 is 5.41 Å². The Hall–Kier alpha value is -2.46. The molecule has 1 aliphatic rings. The van der Waals surface area contributed by atoms with Crippen LogP contribution < -0.4 is 9.88 Å². The van der Waals surface area contributed by atoms with Crippen LogP contribution in [0, 0.1) is 0 Å². The summed E-state index contributed by atoms with van der Waals surface area (Å²) in [7, 11) is 0. The average Bonchev–Trinajstić information content (AvgIpc) is 2.57. The van der Waals surface area contributed by atoms with E-state index < -0.39 is 23.8 Å². The third-order valence-corrected chi connectivity index (χ3v) is 4.60. The zero-order valence-electron chi connectivity index (χ0n) is 12.2. The van der Waals surface area contributed by atoms with E-state index in [4.69, 9.17) is 23.2 Å². The van der Waals surface area contributed by atoms with E-state index in [0.29, 0.717) is 15.6 Å². The molecule has 1 aromatic carbocycles. The number of pyridine rings is 1. The number of carbonyl (C=O) groups excluding carboxylic acids is 2. The molecule has 3 rings (SSSR count). The van der Waals surface area contributed by atoms with E-state index in [1.54, 1.807) is 47.3 Å². The summed E-state index contributed by atoms with van der Waals surface area (Å²) >= 11 is 12.0. The SMILES string of the molecule is [N-]=C=C1C(=O)NC(=O)[C@H]([n+]2ccccc2)[C@H]1c1ccc(Cl)c(Cl)c1. The lowest BCUT2D eigenvalue weighted by molar-refractivity contribution is -0.711. The molecule has 5 nitrogen and oxygen atoms in total. The number of rotatable bonds is 2. The molecule has 1 N–H and O–H groups in total. The minimum Gasteiger partial charge on any atom is -0.763 e. The number of benzene rings is 1. The predicted octanol–water partition coefficient (Wildman–Crippen LogP) is 2.43. The molecule has 0 saturated carbocycles. The molecule has 0 aliphatic carbocycles. The number of halogens is 2. The van der Waals surface area contributed by atoms with Gasteiger partial charge in [0.15, 0.2) is 12.4 Å². The van der Waals surface area contributed by atoms with Crippen molar-refractivity contribution in [1.82, 2.24) is 5.32 Å². The zero-order chi connectivity index (χ0) is 17.3. The minimum absolute atomic E-state index is 0.0469. The number of piperidine rings is 1. The van der Waals surface area contributed by atoms with Gasteiger partial charge in [-0.25, -0.2) is 0 Å². The quantitative estimate of drug-likeness (QED) is 0.387. The van der Waals surface area contributed by atoms with Crippen LogP contribution in [0.15, 0.2) is 54.4 Å². The molecule has 1 fully saturated rings. The van der Waals surface area contributed by atoms with E-state index in [0.717, 1.165) is 0 Å². The van der Waals surface area contributed by atoms with Crippen LogP contribution in [0.3, 0.4) is 0 Å². The van der Waals surface area contributed by atoms with Gasteiger partial charge in [0.05, 0.1) is 21.5 Å². The first-order valence-electron chi connectivity index (χ1n) is 7.06. The van der Waals surface area contributed by atoms with E-state index in [1.807, 2.05) is 11.9 Å². The van der Waals surface area contributed by atoms with E-state index in [2.05, 4.69) is 5.32 Å². The van der Waals surface area contributed by atoms with Crippen LogP contribution >= 0.6 is 23.2 Å². The predicted molar refractivity (Wildman–Crippen MR) is 89.9 cm³/mol. The van der Waals surface area contributed by atoms with Crippen LogP contribution in [0.1, 0.15) is 17.5 Å². The van der Waals surface area contributed by atoms with Gasteiger partial charge in [-0.3, -0.25) is 20.8 Å². The summed E-state index contributed by atoms with van der Waals surface area (Å²) in [4.78, 5) is 24.6. The third kappa shape index (κ3) is 2.85.